The van der Waals surface area contributed by atoms with Crippen LogP contribution in [0.3, 0.4) is 0 Å². The van der Waals surface area contributed by atoms with Crippen LogP contribution in [0.1, 0.15) is 25.3 Å². The number of aliphatic hydroxyl groups excluding tert-OH is 1. The van der Waals surface area contributed by atoms with Crippen molar-refractivity contribution in [1.29, 1.82) is 0 Å². The Morgan fingerprint density at radius 2 is 2.11 bits per heavy atom. The molecule has 0 aliphatic heterocycles. The van der Waals surface area contributed by atoms with E-state index in [0.29, 0.717) is 0 Å². The summed E-state index contributed by atoms with van der Waals surface area (Å²) in [6, 6.07) is 10.2. The second kappa shape index (κ2) is 5.17. The van der Waals surface area contributed by atoms with E-state index >= 15 is 0 Å². The molecule has 3 heteroatoms. The number of rotatable bonds is 5. The van der Waals surface area contributed by atoms with Crippen LogP contribution in [0.25, 0.3) is 10.9 Å². The van der Waals surface area contributed by atoms with E-state index in [1.165, 1.54) is 12.8 Å². The van der Waals surface area contributed by atoms with Crippen molar-refractivity contribution in [2.24, 2.45) is 5.92 Å². The van der Waals surface area contributed by atoms with E-state index in [2.05, 4.69) is 17.9 Å². The van der Waals surface area contributed by atoms with Gasteiger partial charge in [-0.15, -0.1) is 0 Å². The Bertz CT molecular complexity index is 578. The molecule has 0 saturated heterocycles. The fraction of sp³-hybridized carbons (Fsp3) is 0.438. The predicted molar refractivity (Wildman–Crippen MR) is 78.3 cm³/mol. The van der Waals surface area contributed by atoms with Crippen molar-refractivity contribution in [3.8, 4) is 0 Å². The van der Waals surface area contributed by atoms with Crippen molar-refractivity contribution in [3.05, 3.63) is 35.9 Å². The Morgan fingerprint density at radius 3 is 2.79 bits per heavy atom. The number of pyridine rings is 1. The molecule has 0 amide bonds. The molecule has 2 aromatic rings. The minimum atomic E-state index is 0.0499. The molecule has 0 atom stereocenters. The first-order chi connectivity index (χ1) is 9.31. The van der Waals surface area contributed by atoms with Gasteiger partial charge in [-0.3, -0.25) is 0 Å². The Kier molecular flexibility index (Phi) is 3.38. The van der Waals surface area contributed by atoms with Crippen molar-refractivity contribution in [2.45, 2.75) is 26.4 Å². The number of nitrogens with zero attached hydrogens (tertiary/aromatic N) is 2. The summed E-state index contributed by atoms with van der Waals surface area (Å²) in [5.74, 6) is 1.77. The number of aliphatic hydroxyl groups is 1. The van der Waals surface area contributed by atoms with E-state index in [1.807, 2.05) is 24.3 Å². The van der Waals surface area contributed by atoms with Crippen LogP contribution >= 0.6 is 0 Å². The largest absolute Gasteiger partial charge is 0.392 e. The lowest BCUT2D eigenvalue weighted by Crippen LogP contribution is -2.27. The molecule has 1 fully saturated rings. The van der Waals surface area contributed by atoms with Crippen molar-refractivity contribution in [2.75, 3.05) is 18.0 Å². The van der Waals surface area contributed by atoms with E-state index in [9.17, 15) is 5.11 Å². The van der Waals surface area contributed by atoms with Gasteiger partial charge in [0.05, 0.1) is 12.1 Å². The Morgan fingerprint density at radius 1 is 1.32 bits per heavy atom. The zero-order valence-corrected chi connectivity index (χ0v) is 11.3. The van der Waals surface area contributed by atoms with Crippen LogP contribution in [0, 0.1) is 5.92 Å². The smallest absolute Gasteiger partial charge is 0.134 e. The molecule has 3 nitrogen and oxygen atoms in total. The molecule has 3 rings (SSSR count). The van der Waals surface area contributed by atoms with E-state index in [4.69, 9.17) is 4.98 Å². The third-order valence-corrected chi connectivity index (χ3v) is 3.81. The molecule has 1 N–H and O–H groups in total. The first-order valence-electron chi connectivity index (χ1n) is 7.06. The maximum atomic E-state index is 9.61. The summed E-state index contributed by atoms with van der Waals surface area (Å²) in [4.78, 5) is 7.07. The third-order valence-electron chi connectivity index (χ3n) is 3.81. The molecule has 1 aliphatic rings. The number of hydrogen-bond acceptors (Lipinski definition) is 3. The van der Waals surface area contributed by atoms with Crippen molar-refractivity contribution >= 4 is 16.7 Å². The Balaban J connectivity index is 2.03. The lowest BCUT2D eigenvalue weighted by Gasteiger charge is -2.24. The van der Waals surface area contributed by atoms with E-state index < -0.39 is 0 Å². The van der Waals surface area contributed by atoms with Crippen molar-refractivity contribution in [1.82, 2.24) is 4.98 Å². The second-order valence-corrected chi connectivity index (χ2v) is 5.30. The first-order valence-corrected chi connectivity index (χ1v) is 7.06. The highest BCUT2D eigenvalue weighted by atomic mass is 16.3. The first kappa shape index (κ1) is 12.4. The molecular formula is C16H20N2O. The van der Waals surface area contributed by atoms with Gasteiger partial charge in [-0.1, -0.05) is 18.2 Å². The zero-order valence-electron chi connectivity index (χ0n) is 11.3. The van der Waals surface area contributed by atoms with Gasteiger partial charge in [0.15, 0.2) is 0 Å². The van der Waals surface area contributed by atoms with Gasteiger partial charge in [0.1, 0.15) is 5.82 Å². The maximum Gasteiger partial charge on any atom is 0.134 e. The van der Waals surface area contributed by atoms with Crippen LogP contribution in [0.5, 0.6) is 0 Å². The predicted octanol–water partition coefficient (Wildman–Crippen LogP) is 2.96. The lowest BCUT2D eigenvalue weighted by molar-refractivity contribution is 0.281. The van der Waals surface area contributed by atoms with Crippen LogP contribution in [-0.4, -0.2) is 23.2 Å². The molecule has 1 heterocycles. The summed E-state index contributed by atoms with van der Waals surface area (Å²) < 4.78 is 0. The van der Waals surface area contributed by atoms with Crippen LogP contribution in [0.4, 0.5) is 5.82 Å². The Labute approximate surface area is 113 Å². The lowest BCUT2D eigenvalue weighted by atomic mass is 10.1. The summed E-state index contributed by atoms with van der Waals surface area (Å²) in [7, 11) is 0. The van der Waals surface area contributed by atoms with Gasteiger partial charge in [0.25, 0.3) is 0 Å². The summed E-state index contributed by atoms with van der Waals surface area (Å²) in [6.45, 7) is 4.21. The van der Waals surface area contributed by atoms with Crippen LogP contribution in [0.15, 0.2) is 30.3 Å². The minimum Gasteiger partial charge on any atom is -0.392 e. The SMILES string of the molecule is CCN(CC1CC1)c1nc2ccccc2cc1CO. The summed E-state index contributed by atoms with van der Waals surface area (Å²) in [6.07, 6.45) is 2.66. The van der Waals surface area contributed by atoms with Crippen LogP contribution < -0.4 is 4.90 Å². The number of hydrogen-bond donors (Lipinski definition) is 1. The molecule has 1 aromatic heterocycles. The van der Waals surface area contributed by atoms with Gasteiger partial charge in [0.2, 0.25) is 0 Å². The van der Waals surface area contributed by atoms with Crippen molar-refractivity contribution in [3.63, 3.8) is 0 Å². The molecule has 0 bridgehead atoms. The highest BCUT2D eigenvalue weighted by molar-refractivity contribution is 5.81. The maximum absolute atomic E-state index is 9.61. The van der Waals surface area contributed by atoms with E-state index in [0.717, 1.165) is 41.3 Å². The monoisotopic (exact) mass is 256 g/mol. The number of benzene rings is 1. The average molecular weight is 256 g/mol. The van der Waals surface area contributed by atoms with E-state index in [-0.39, 0.29) is 6.61 Å². The topological polar surface area (TPSA) is 36.4 Å². The quantitative estimate of drug-likeness (QED) is 0.893. The molecule has 1 aromatic carbocycles. The number of anilines is 1. The minimum absolute atomic E-state index is 0.0499. The molecule has 0 spiro atoms. The fourth-order valence-corrected chi connectivity index (χ4v) is 2.52. The standard InChI is InChI=1S/C16H20N2O/c1-2-18(10-12-7-8-12)16-14(11-19)9-13-5-3-4-6-15(13)17-16/h3-6,9,12,19H,2,7-8,10-11H2,1H3. The van der Waals surface area contributed by atoms with Gasteiger partial charge >= 0.3 is 0 Å². The average Bonchev–Trinajstić information content (AvgIpc) is 3.27. The molecule has 100 valence electrons. The van der Waals surface area contributed by atoms with Gasteiger partial charge in [-0.05, 0) is 37.8 Å². The number of fused-ring (bicyclic) bond motifs is 1. The molecule has 19 heavy (non-hydrogen) atoms. The van der Waals surface area contributed by atoms with Gasteiger partial charge < -0.3 is 10.0 Å². The summed E-state index contributed by atoms with van der Waals surface area (Å²) in [5, 5.41) is 10.7. The highest BCUT2D eigenvalue weighted by Crippen LogP contribution is 2.32. The summed E-state index contributed by atoms with van der Waals surface area (Å²) in [5.41, 5.74) is 1.94. The van der Waals surface area contributed by atoms with E-state index in [1.54, 1.807) is 0 Å². The molecule has 0 radical (unpaired) electrons. The number of aromatic nitrogens is 1. The van der Waals surface area contributed by atoms with Gasteiger partial charge in [0, 0.05) is 24.0 Å². The highest BCUT2D eigenvalue weighted by Gasteiger charge is 2.25. The second-order valence-electron chi connectivity index (χ2n) is 5.30. The number of para-hydroxylation sites is 1. The normalized spacial score (nSPS) is 14.8. The Hall–Kier alpha value is -1.61. The molecular weight excluding hydrogens is 236 g/mol. The molecule has 0 unspecified atom stereocenters. The third kappa shape index (κ3) is 2.56. The summed E-state index contributed by atoms with van der Waals surface area (Å²) >= 11 is 0. The van der Waals surface area contributed by atoms with Crippen molar-refractivity contribution < 1.29 is 5.11 Å². The van der Waals surface area contributed by atoms with Gasteiger partial charge in [-0.2, -0.15) is 0 Å². The molecule has 1 saturated carbocycles. The van der Waals surface area contributed by atoms with Gasteiger partial charge in [-0.25, -0.2) is 4.98 Å². The van der Waals surface area contributed by atoms with Crippen LogP contribution in [-0.2, 0) is 6.61 Å². The van der Waals surface area contributed by atoms with Crippen LogP contribution in [0.2, 0.25) is 0 Å². The molecule has 1 aliphatic carbocycles. The zero-order chi connectivity index (χ0) is 13.2. The fourth-order valence-electron chi connectivity index (χ4n) is 2.52.